The van der Waals surface area contributed by atoms with Crippen LogP contribution in [0.5, 0.6) is 0 Å². The normalized spacial score (nSPS) is 13.7. The summed E-state index contributed by atoms with van der Waals surface area (Å²) in [5, 5.41) is 9.00. The maximum Gasteiger partial charge on any atom is 0.221 e. The van der Waals surface area contributed by atoms with Crippen molar-refractivity contribution in [2.24, 2.45) is 5.10 Å². The lowest BCUT2D eigenvalue weighted by Gasteiger charge is -2.27. The molecule has 0 unspecified atom stereocenters. The minimum Gasteiger partial charge on any atom is -0.383 e. The molecule has 8 nitrogen and oxygen atoms in total. The SMILES string of the molecule is CC(=O)Nc1cccc(-c2cnc(N)c(C3=NNN(C)N3c3c(F)ccc(F)c3F)c2)c1. The summed E-state index contributed by atoms with van der Waals surface area (Å²) in [7, 11) is 1.45. The van der Waals surface area contributed by atoms with Gasteiger partial charge in [0.25, 0.3) is 0 Å². The molecule has 0 atom stereocenters. The first-order valence-electron chi connectivity index (χ1n) is 9.40. The van der Waals surface area contributed by atoms with Gasteiger partial charge in [-0.2, -0.15) is 0 Å². The summed E-state index contributed by atoms with van der Waals surface area (Å²) in [6, 6.07) is 10.2. The number of hydrogen-bond acceptors (Lipinski definition) is 7. The predicted molar refractivity (Wildman–Crippen MR) is 115 cm³/mol. The number of amides is 1. The van der Waals surface area contributed by atoms with E-state index in [1.807, 2.05) is 0 Å². The van der Waals surface area contributed by atoms with Crippen LogP contribution in [0.4, 0.5) is 30.4 Å². The van der Waals surface area contributed by atoms with Crippen molar-refractivity contribution in [2.75, 3.05) is 23.1 Å². The molecule has 0 saturated carbocycles. The van der Waals surface area contributed by atoms with Crippen molar-refractivity contribution in [3.63, 3.8) is 0 Å². The number of pyridine rings is 1. The minimum atomic E-state index is -1.38. The number of rotatable bonds is 4. The maximum absolute atomic E-state index is 14.5. The number of nitrogens with two attached hydrogens (primary N) is 1. The van der Waals surface area contributed by atoms with Crippen molar-refractivity contribution >= 4 is 28.9 Å². The Hall–Kier alpha value is -4.12. The predicted octanol–water partition coefficient (Wildman–Crippen LogP) is 3.24. The smallest absolute Gasteiger partial charge is 0.221 e. The largest absolute Gasteiger partial charge is 0.383 e. The van der Waals surface area contributed by atoms with E-state index in [9.17, 15) is 18.0 Å². The molecule has 1 aromatic heterocycles. The van der Waals surface area contributed by atoms with Gasteiger partial charge in [0.05, 0.1) is 5.56 Å². The Morgan fingerprint density at radius 3 is 2.59 bits per heavy atom. The third-order valence-corrected chi connectivity index (χ3v) is 4.71. The van der Waals surface area contributed by atoms with E-state index in [1.54, 1.807) is 30.3 Å². The van der Waals surface area contributed by atoms with Gasteiger partial charge in [0.15, 0.2) is 23.3 Å². The van der Waals surface area contributed by atoms with Gasteiger partial charge < -0.3 is 11.1 Å². The molecule has 2 heterocycles. The molecular formula is C21H18F3N7O. The Balaban J connectivity index is 1.79. The van der Waals surface area contributed by atoms with Gasteiger partial charge >= 0.3 is 0 Å². The van der Waals surface area contributed by atoms with E-state index in [1.165, 1.54) is 25.3 Å². The van der Waals surface area contributed by atoms with E-state index in [-0.39, 0.29) is 23.1 Å². The number of hydrogen-bond donors (Lipinski definition) is 3. The van der Waals surface area contributed by atoms with E-state index in [0.717, 1.165) is 11.1 Å². The van der Waals surface area contributed by atoms with Crippen molar-refractivity contribution in [1.29, 1.82) is 0 Å². The van der Waals surface area contributed by atoms with E-state index in [0.29, 0.717) is 22.9 Å². The number of nitrogen functional groups attached to an aromatic ring is 1. The molecule has 0 aliphatic carbocycles. The number of benzene rings is 2. The van der Waals surface area contributed by atoms with E-state index >= 15 is 0 Å². The molecule has 0 radical (unpaired) electrons. The van der Waals surface area contributed by atoms with Gasteiger partial charge in [-0.25, -0.2) is 28.7 Å². The highest BCUT2D eigenvalue weighted by Crippen LogP contribution is 2.32. The van der Waals surface area contributed by atoms with E-state index < -0.39 is 23.1 Å². The Labute approximate surface area is 181 Å². The van der Waals surface area contributed by atoms with Gasteiger partial charge in [0.1, 0.15) is 11.5 Å². The van der Waals surface area contributed by atoms with Crippen LogP contribution in [0.15, 0.2) is 53.8 Å². The number of carbonyl (C=O) groups is 1. The second-order valence-electron chi connectivity index (χ2n) is 6.98. The molecule has 0 bridgehead atoms. The molecule has 32 heavy (non-hydrogen) atoms. The van der Waals surface area contributed by atoms with Crippen LogP contribution in [0.1, 0.15) is 12.5 Å². The summed E-state index contributed by atoms with van der Waals surface area (Å²) in [6.45, 7) is 1.40. The Bertz CT molecular complexity index is 1250. The Morgan fingerprint density at radius 1 is 1.09 bits per heavy atom. The topological polar surface area (TPSA) is 98.9 Å². The van der Waals surface area contributed by atoms with Gasteiger partial charge in [-0.1, -0.05) is 12.1 Å². The van der Waals surface area contributed by atoms with E-state index in [4.69, 9.17) is 5.73 Å². The molecule has 1 aliphatic rings. The molecule has 0 saturated heterocycles. The van der Waals surface area contributed by atoms with Crippen molar-refractivity contribution in [2.45, 2.75) is 6.92 Å². The number of hydrazone groups is 1. The number of nitrogens with zero attached hydrogens (tertiary/aromatic N) is 4. The highest BCUT2D eigenvalue weighted by molar-refractivity contribution is 6.13. The number of nitrogens with one attached hydrogen (secondary N) is 2. The van der Waals surface area contributed by atoms with Gasteiger partial charge in [-0.15, -0.1) is 10.2 Å². The van der Waals surface area contributed by atoms with Crippen LogP contribution in [0.25, 0.3) is 11.1 Å². The number of amidine groups is 1. The first-order chi connectivity index (χ1) is 15.3. The molecule has 0 fully saturated rings. The average Bonchev–Trinajstić information content (AvgIpc) is 3.12. The standard InChI is InChI=1S/C21H18F3N7O/c1-11(32)27-14-5-3-4-12(8-14)13-9-15(20(25)26-10-13)21-28-29-30(2)31(21)19-17(23)7-6-16(22)18(19)24/h3-10,29H,1-2H3,(H2,25,26)(H,27,32). The molecule has 2 aromatic carbocycles. The van der Waals surface area contributed by atoms with Crippen molar-refractivity contribution in [1.82, 2.24) is 15.6 Å². The Morgan fingerprint density at radius 2 is 1.84 bits per heavy atom. The summed E-state index contributed by atoms with van der Waals surface area (Å²) >= 11 is 0. The molecule has 164 valence electrons. The molecule has 4 N–H and O–H groups in total. The lowest BCUT2D eigenvalue weighted by atomic mass is 10.0. The first kappa shape index (κ1) is 21.1. The summed E-state index contributed by atoms with van der Waals surface area (Å²) in [5.41, 5.74) is 10.1. The molecule has 3 aromatic rings. The number of halogens is 3. The molecule has 1 amide bonds. The zero-order valence-corrected chi connectivity index (χ0v) is 17.0. The lowest BCUT2D eigenvalue weighted by molar-refractivity contribution is -0.114. The molecule has 4 rings (SSSR count). The fraction of sp³-hybridized carbons (Fsp3) is 0.0952. The van der Waals surface area contributed by atoms with Crippen molar-refractivity contribution < 1.29 is 18.0 Å². The number of carbonyl (C=O) groups excluding carboxylic acids is 1. The third-order valence-electron chi connectivity index (χ3n) is 4.71. The number of aromatic nitrogens is 1. The van der Waals surface area contributed by atoms with Crippen LogP contribution < -0.4 is 21.6 Å². The molecule has 0 spiro atoms. The van der Waals surface area contributed by atoms with Crippen molar-refractivity contribution in [3.8, 4) is 11.1 Å². The van der Waals surface area contributed by atoms with Crippen LogP contribution in [0, 0.1) is 17.5 Å². The highest BCUT2D eigenvalue weighted by Gasteiger charge is 2.33. The van der Waals surface area contributed by atoms with Crippen LogP contribution in [0.2, 0.25) is 0 Å². The molecule has 11 heteroatoms. The molecule has 1 aliphatic heterocycles. The van der Waals surface area contributed by atoms with Crippen molar-refractivity contribution in [3.05, 3.63) is 71.7 Å². The lowest BCUT2D eigenvalue weighted by Crippen LogP contribution is -2.44. The van der Waals surface area contributed by atoms with Gasteiger partial charge in [-0.3, -0.25) is 4.79 Å². The summed E-state index contributed by atoms with van der Waals surface area (Å²) in [6.07, 6.45) is 1.52. The van der Waals surface area contributed by atoms with Gasteiger partial charge in [0, 0.05) is 31.4 Å². The fourth-order valence-corrected chi connectivity index (χ4v) is 3.29. The minimum absolute atomic E-state index is 0.0146. The maximum atomic E-state index is 14.5. The second-order valence-corrected chi connectivity index (χ2v) is 6.98. The summed E-state index contributed by atoms with van der Waals surface area (Å²) < 4.78 is 42.9. The fourth-order valence-electron chi connectivity index (χ4n) is 3.29. The average molecular weight is 441 g/mol. The van der Waals surface area contributed by atoms with Crippen LogP contribution >= 0.6 is 0 Å². The highest BCUT2D eigenvalue weighted by atomic mass is 19.2. The van der Waals surface area contributed by atoms with E-state index in [2.05, 4.69) is 20.9 Å². The zero-order chi connectivity index (χ0) is 23.0. The Kier molecular flexibility index (Phi) is 5.41. The third kappa shape index (κ3) is 3.81. The van der Waals surface area contributed by atoms with Crippen LogP contribution in [-0.4, -0.2) is 28.9 Å². The van der Waals surface area contributed by atoms with Gasteiger partial charge in [-0.05, 0) is 35.9 Å². The first-order valence-corrected chi connectivity index (χ1v) is 9.40. The molecular weight excluding hydrogens is 423 g/mol. The zero-order valence-electron chi connectivity index (χ0n) is 17.0. The van der Waals surface area contributed by atoms with Crippen LogP contribution in [-0.2, 0) is 4.79 Å². The quantitative estimate of drug-likeness (QED) is 0.538. The van der Waals surface area contributed by atoms with Gasteiger partial charge in [0.2, 0.25) is 5.91 Å². The monoisotopic (exact) mass is 441 g/mol. The second kappa shape index (κ2) is 8.19. The number of anilines is 3. The number of hydrazine groups is 2. The van der Waals surface area contributed by atoms with Crippen LogP contribution in [0.3, 0.4) is 0 Å². The summed E-state index contributed by atoms with van der Waals surface area (Å²) in [5.74, 6) is -3.74. The summed E-state index contributed by atoms with van der Waals surface area (Å²) in [4.78, 5) is 15.5.